The van der Waals surface area contributed by atoms with Crippen molar-refractivity contribution in [3.63, 3.8) is 0 Å². The zero-order chi connectivity index (χ0) is 13.1. The molecule has 0 aliphatic carbocycles. The maximum absolute atomic E-state index is 3.64. The first-order valence-corrected chi connectivity index (χ1v) is 8.42. The SMILES string of the molecule is CCC(C)C1CN(c2ccc(I)c(Br)c2)CCN1. The number of halogens is 2. The first kappa shape index (κ1) is 14.6. The van der Waals surface area contributed by atoms with Gasteiger partial charge in [-0.2, -0.15) is 0 Å². The van der Waals surface area contributed by atoms with E-state index in [1.165, 1.54) is 20.2 Å². The maximum atomic E-state index is 3.64. The molecule has 0 saturated carbocycles. The average molecular weight is 423 g/mol. The van der Waals surface area contributed by atoms with Crippen molar-refractivity contribution in [2.24, 2.45) is 5.92 Å². The van der Waals surface area contributed by atoms with E-state index < -0.39 is 0 Å². The second kappa shape index (κ2) is 6.57. The van der Waals surface area contributed by atoms with Gasteiger partial charge in [-0.3, -0.25) is 0 Å². The molecule has 0 amide bonds. The number of rotatable bonds is 3. The van der Waals surface area contributed by atoms with Crippen LogP contribution in [0, 0.1) is 9.49 Å². The van der Waals surface area contributed by atoms with Crippen molar-refractivity contribution in [2.45, 2.75) is 26.3 Å². The van der Waals surface area contributed by atoms with E-state index in [0.29, 0.717) is 6.04 Å². The van der Waals surface area contributed by atoms with Crippen molar-refractivity contribution in [2.75, 3.05) is 24.5 Å². The molecule has 1 fully saturated rings. The molecule has 2 rings (SSSR count). The van der Waals surface area contributed by atoms with E-state index in [1.54, 1.807) is 0 Å². The summed E-state index contributed by atoms with van der Waals surface area (Å²) in [6.07, 6.45) is 1.24. The number of anilines is 1. The highest BCUT2D eigenvalue weighted by Gasteiger charge is 2.23. The van der Waals surface area contributed by atoms with Crippen LogP contribution in [-0.4, -0.2) is 25.7 Å². The third-order valence-corrected chi connectivity index (χ3v) is 6.14. The predicted molar refractivity (Wildman–Crippen MR) is 90.3 cm³/mol. The Labute approximate surface area is 132 Å². The van der Waals surface area contributed by atoms with E-state index in [0.717, 1.165) is 25.6 Å². The summed E-state index contributed by atoms with van der Waals surface area (Å²) in [5, 5.41) is 3.64. The Hall–Kier alpha value is 0.190. The lowest BCUT2D eigenvalue weighted by molar-refractivity contribution is 0.342. The number of hydrogen-bond acceptors (Lipinski definition) is 2. The van der Waals surface area contributed by atoms with E-state index in [-0.39, 0.29) is 0 Å². The van der Waals surface area contributed by atoms with Gasteiger partial charge < -0.3 is 10.2 Å². The average Bonchev–Trinajstić information content (AvgIpc) is 2.41. The second-order valence-electron chi connectivity index (χ2n) is 4.99. The Morgan fingerprint density at radius 1 is 1.56 bits per heavy atom. The lowest BCUT2D eigenvalue weighted by Gasteiger charge is -2.38. The maximum Gasteiger partial charge on any atom is 0.0379 e. The van der Waals surface area contributed by atoms with Crippen molar-refractivity contribution in [3.8, 4) is 0 Å². The van der Waals surface area contributed by atoms with Crippen LogP contribution in [0.2, 0.25) is 0 Å². The monoisotopic (exact) mass is 422 g/mol. The fraction of sp³-hybridized carbons (Fsp3) is 0.571. The van der Waals surface area contributed by atoms with Crippen LogP contribution in [0.3, 0.4) is 0 Å². The van der Waals surface area contributed by atoms with Crippen LogP contribution in [0.25, 0.3) is 0 Å². The summed E-state index contributed by atoms with van der Waals surface area (Å²) in [4.78, 5) is 2.49. The van der Waals surface area contributed by atoms with Gasteiger partial charge >= 0.3 is 0 Å². The normalized spacial score (nSPS) is 22.0. The summed E-state index contributed by atoms with van der Waals surface area (Å²) >= 11 is 5.98. The third kappa shape index (κ3) is 3.39. The van der Waals surface area contributed by atoms with Crippen molar-refractivity contribution in [3.05, 3.63) is 26.2 Å². The first-order chi connectivity index (χ1) is 8.61. The molecule has 0 aromatic heterocycles. The van der Waals surface area contributed by atoms with Gasteiger partial charge in [0.15, 0.2) is 0 Å². The fourth-order valence-corrected chi connectivity index (χ4v) is 3.06. The standard InChI is InChI=1S/C14H20BrIN2/c1-3-10(2)14-9-18(7-6-17-14)11-4-5-13(16)12(15)8-11/h4-5,8,10,14,17H,3,6-7,9H2,1-2H3. The van der Waals surface area contributed by atoms with Gasteiger partial charge in [0.25, 0.3) is 0 Å². The van der Waals surface area contributed by atoms with Gasteiger partial charge in [-0.15, -0.1) is 0 Å². The van der Waals surface area contributed by atoms with E-state index in [4.69, 9.17) is 0 Å². The van der Waals surface area contributed by atoms with Crippen LogP contribution in [0.1, 0.15) is 20.3 Å². The van der Waals surface area contributed by atoms with Crippen molar-refractivity contribution < 1.29 is 0 Å². The van der Waals surface area contributed by atoms with Gasteiger partial charge in [-0.25, -0.2) is 0 Å². The van der Waals surface area contributed by atoms with Crippen LogP contribution in [0.5, 0.6) is 0 Å². The molecule has 1 heterocycles. The Bertz CT molecular complexity index is 411. The highest BCUT2D eigenvalue weighted by Crippen LogP contribution is 2.26. The van der Waals surface area contributed by atoms with Crippen molar-refractivity contribution in [1.29, 1.82) is 0 Å². The molecule has 4 heteroatoms. The van der Waals surface area contributed by atoms with E-state index >= 15 is 0 Å². The van der Waals surface area contributed by atoms with E-state index in [9.17, 15) is 0 Å². The number of hydrogen-bond donors (Lipinski definition) is 1. The van der Waals surface area contributed by atoms with Crippen LogP contribution < -0.4 is 10.2 Å². The molecule has 0 radical (unpaired) electrons. The summed E-state index contributed by atoms with van der Waals surface area (Å²) < 4.78 is 2.46. The Morgan fingerprint density at radius 3 is 3.00 bits per heavy atom. The molecule has 1 aromatic rings. The summed E-state index contributed by atoms with van der Waals surface area (Å²) in [6.45, 7) is 7.90. The fourth-order valence-electron chi connectivity index (χ4n) is 2.36. The van der Waals surface area contributed by atoms with Gasteiger partial charge in [0, 0.05) is 39.4 Å². The number of nitrogens with one attached hydrogen (secondary N) is 1. The predicted octanol–water partition coefficient (Wildman–Crippen LogP) is 3.88. The smallest absolute Gasteiger partial charge is 0.0379 e. The Balaban J connectivity index is 2.10. The van der Waals surface area contributed by atoms with Gasteiger partial charge in [-0.1, -0.05) is 20.3 Å². The minimum absolute atomic E-state index is 0.613. The minimum Gasteiger partial charge on any atom is -0.369 e. The zero-order valence-electron chi connectivity index (χ0n) is 10.9. The van der Waals surface area contributed by atoms with Crippen LogP contribution >= 0.6 is 38.5 Å². The Kier molecular flexibility index (Phi) is 5.33. The molecule has 1 aliphatic rings. The largest absolute Gasteiger partial charge is 0.369 e. The number of nitrogens with zero attached hydrogens (tertiary/aromatic N) is 1. The third-order valence-electron chi connectivity index (χ3n) is 3.80. The molecule has 1 aromatic carbocycles. The molecule has 1 N–H and O–H groups in total. The minimum atomic E-state index is 0.613. The molecule has 18 heavy (non-hydrogen) atoms. The number of piperazine rings is 1. The van der Waals surface area contributed by atoms with Crippen LogP contribution in [0.4, 0.5) is 5.69 Å². The first-order valence-electron chi connectivity index (χ1n) is 6.55. The van der Waals surface area contributed by atoms with Gasteiger partial charge in [0.2, 0.25) is 0 Å². The molecule has 2 atom stereocenters. The van der Waals surface area contributed by atoms with Crippen molar-refractivity contribution in [1.82, 2.24) is 5.32 Å². The molecule has 100 valence electrons. The quantitative estimate of drug-likeness (QED) is 0.743. The lowest BCUT2D eigenvalue weighted by Crippen LogP contribution is -2.53. The van der Waals surface area contributed by atoms with Crippen molar-refractivity contribution >= 4 is 44.2 Å². The summed E-state index contributed by atoms with van der Waals surface area (Å²) in [5.41, 5.74) is 1.33. The second-order valence-corrected chi connectivity index (χ2v) is 7.01. The topological polar surface area (TPSA) is 15.3 Å². The summed E-state index contributed by atoms with van der Waals surface area (Å²) in [6, 6.07) is 7.26. The van der Waals surface area contributed by atoms with Crippen LogP contribution in [0.15, 0.2) is 22.7 Å². The van der Waals surface area contributed by atoms with Gasteiger partial charge in [0.1, 0.15) is 0 Å². The summed E-state index contributed by atoms with van der Waals surface area (Å²) in [5.74, 6) is 0.736. The molecule has 2 nitrogen and oxygen atoms in total. The molecule has 1 saturated heterocycles. The molecule has 0 spiro atoms. The van der Waals surface area contributed by atoms with Gasteiger partial charge in [0.05, 0.1) is 0 Å². The highest BCUT2D eigenvalue weighted by molar-refractivity contribution is 14.1. The molecule has 0 bridgehead atoms. The van der Waals surface area contributed by atoms with E-state index in [2.05, 4.69) is 80.8 Å². The Morgan fingerprint density at radius 2 is 2.33 bits per heavy atom. The summed E-state index contributed by atoms with van der Waals surface area (Å²) in [7, 11) is 0. The molecular weight excluding hydrogens is 403 g/mol. The molecule has 2 unspecified atom stereocenters. The zero-order valence-corrected chi connectivity index (χ0v) is 14.7. The van der Waals surface area contributed by atoms with Gasteiger partial charge in [-0.05, 0) is 62.6 Å². The lowest BCUT2D eigenvalue weighted by atomic mass is 9.97. The molecule has 1 aliphatic heterocycles. The molecular formula is C14H20BrIN2. The number of benzene rings is 1. The van der Waals surface area contributed by atoms with E-state index in [1.807, 2.05) is 0 Å². The highest BCUT2D eigenvalue weighted by atomic mass is 127. The van der Waals surface area contributed by atoms with Crippen LogP contribution in [-0.2, 0) is 0 Å².